The van der Waals surface area contributed by atoms with E-state index in [-0.39, 0.29) is 12.2 Å². The Bertz CT molecular complexity index is 324. The molecule has 0 amide bonds. The molecule has 0 N–H and O–H groups in total. The monoisotopic (exact) mass is 218 g/mol. The molecule has 16 heavy (non-hydrogen) atoms. The second-order valence-corrected chi connectivity index (χ2v) is 3.83. The van der Waals surface area contributed by atoms with Crippen LogP contribution < -0.4 is 0 Å². The highest BCUT2D eigenvalue weighted by atomic mass is 16.5. The Balaban J connectivity index is 2.32. The van der Waals surface area contributed by atoms with E-state index in [1.54, 1.807) is 0 Å². The Kier molecular flexibility index (Phi) is 5.63. The largest absolute Gasteiger partial charge is 0.375 e. The van der Waals surface area contributed by atoms with Crippen molar-refractivity contribution in [3.63, 3.8) is 0 Å². The minimum absolute atomic E-state index is 0.177. The molecule has 1 aromatic carbocycles. The van der Waals surface area contributed by atoms with E-state index in [1.807, 2.05) is 44.2 Å². The molecule has 0 heterocycles. The van der Waals surface area contributed by atoms with Crippen LogP contribution in [0.5, 0.6) is 0 Å². The zero-order chi connectivity index (χ0) is 11.8. The second-order valence-electron chi connectivity index (χ2n) is 3.83. The van der Waals surface area contributed by atoms with Gasteiger partial charge in [-0.1, -0.05) is 36.3 Å². The summed E-state index contributed by atoms with van der Waals surface area (Å²) in [7, 11) is 0. The first-order valence-corrected chi connectivity index (χ1v) is 5.45. The third kappa shape index (κ3) is 4.97. The lowest BCUT2D eigenvalue weighted by molar-refractivity contribution is -0.0158. The number of ether oxygens (including phenoxy) is 2. The van der Waals surface area contributed by atoms with Crippen LogP contribution in [0.15, 0.2) is 30.3 Å². The SMILES string of the molecule is C#CC(COC(C)C)OCc1ccccc1. The Morgan fingerprint density at radius 3 is 2.44 bits per heavy atom. The highest BCUT2D eigenvalue weighted by molar-refractivity contribution is 5.13. The molecule has 0 bridgehead atoms. The second kappa shape index (κ2) is 7.05. The van der Waals surface area contributed by atoms with Gasteiger partial charge in [-0.25, -0.2) is 0 Å². The molecule has 0 aliphatic carbocycles. The van der Waals surface area contributed by atoms with Gasteiger partial charge in [0.25, 0.3) is 0 Å². The van der Waals surface area contributed by atoms with Crippen LogP contribution in [-0.4, -0.2) is 18.8 Å². The van der Waals surface area contributed by atoms with E-state index in [4.69, 9.17) is 15.9 Å². The zero-order valence-electron chi connectivity index (χ0n) is 9.85. The van der Waals surface area contributed by atoms with Crippen LogP contribution >= 0.6 is 0 Å². The summed E-state index contributed by atoms with van der Waals surface area (Å²) in [6.07, 6.45) is 5.27. The molecule has 1 atom stereocenters. The van der Waals surface area contributed by atoms with Crippen molar-refractivity contribution in [3.8, 4) is 12.3 Å². The summed E-state index contributed by atoms with van der Waals surface area (Å²) in [4.78, 5) is 0. The topological polar surface area (TPSA) is 18.5 Å². The minimum atomic E-state index is -0.275. The van der Waals surface area contributed by atoms with E-state index in [9.17, 15) is 0 Å². The quantitative estimate of drug-likeness (QED) is 0.683. The number of benzene rings is 1. The van der Waals surface area contributed by atoms with Crippen LogP contribution in [0.25, 0.3) is 0 Å². The van der Waals surface area contributed by atoms with Crippen molar-refractivity contribution in [2.75, 3.05) is 6.61 Å². The summed E-state index contributed by atoms with van der Waals surface area (Å²) in [6.45, 7) is 4.92. The van der Waals surface area contributed by atoms with Gasteiger partial charge in [0, 0.05) is 0 Å². The van der Waals surface area contributed by atoms with Gasteiger partial charge in [0.05, 0.1) is 19.3 Å². The van der Waals surface area contributed by atoms with Gasteiger partial charge in [-0.05, 0) is 19.4 Å². The molecule has 1 rings (SSSR count). The highest BCUT2D eigenvalue weighted by Crippen LogP contribution is 2.04. The van der Waals surface area contributed by atoms with E-state index in [0.29, 0.717) is 13.2 Å². The van der Waals surface area contributed by atoms with Gasteiger partial charge < -0.3 is 9.47 Å². The van der Waals surface area contributed by atoms with Crippen LogP contribution in [0.4, 0.5) is 0 Å². The van der Waals surface area contributed by atoms with Crippen LogP contribution in [0, 0.1) is 12.3 Å². The van der Waals surface area contributed by atoms with Crippen molar-refractivity contribution in [1.82, 2.24) is 0 Å². The molecule has 1 unspecified atom stereocenters. The first-order chi connectivity index (χ1) is 7.72. The predicted octanol–water partition coefficient (Wildman–Crippen LogP) is 2.63. The molecule has 0 saturated carbocycles. The van der Waals surface area contributed by atoms with Crippen LogP contribution in [0.1, 0.15) is 19.4 Å². The van der Waals surface area contributed by atoms with Crippen molar-refractivity contribution in [3.05, 3.63) is 35.9 Å². The molecule has 2 heteroatoms. The van der Waals surface area contributed by atoms with Crippen molar-refractivity contribution in [2.24, 2.45) is 0 Å². The van der Waals surface area contributed by atoms with Crippen molar-refractivity contribution in [1.29, 1.82) is 0 Å². The van der Waals surface area contributed by atoms with Gasteiger partial charge in [0.2, 0.25) is 0 Å². The lowest BCUT2D eigenvalue weighted by atomic mass is 10.2. The average Bonchev–Trinajstić information content (AvgIpc) is 2.30. The van der Waals surface area contributed by atoms with Crippen LogP contribution in [0.2, 0.25) is 0 Å². The molecule has 0 fully saturated rings. The fourth-order valence-corrected chi connectivity index (χ4v) is 1.20. The van der Waals surface area contributed by atoms with Gasteiger partial charge in [-0.2, -0.15) is 0 Å². The molecule has 0 aliphatic rings. The Labute approximate surface area is 97.6 Å². The van der Waals surface area contributed by atoms with Gasteiger partial charge in [0.1, 0.15) is 6.10 Å². The maximum absolute atomic E-state index is 5.57. The Hall–Kier alpha value is -1.30. The van der Waals surface area contributed by atoms with E-state index >= 15 is 0 Å². The standard InChI is InChI=1S/C14H18O2/c1-4-14(11-15-12(2)3)16-10-13-8-6-5-7-9-13/h1,5-9,12,14H,10-11H2,2-3H3. The molecule has 0 saturated heterocycles. The molecule has 0 spiro atoms. The van der Waals surface area contributed by atoms with Crippen molar-refractivity contribution >= 4 is 0 Å². The summed E-state index contributed by atoms with van der Waals surface area (Å²) in [5.41, 5.74) is 1.12. The van der Waals surface area contributed by atoms with Gasteiger partial charge in [-0.3, -0.25) is 0 Å². The van der Waals surface area contributed by atoms with Crippen LogP contribution in [-0.2, 0) is 16.1 Å². The van der Waals surface area contributed by atoms with Gasteiger partial charge >= 0.3 is 0 Å². The lowest BCUT2D eigenvalue weighted by Gasteiger charge is -2.14. The number of hydrogen-bond donors (Lipinski definition) is 0. The fourth-order valence-electron chi connectivity index (χ4n) is 1.20. The number of rotatable bonds is 6. The number of terminal acetylenes is 1. The molecule has 0 aliphatic heterocycles. The summed E-state index contributed by atoms with van der Waals surface area (Å²) in [5, 5.41) is 0. The molecule has 0 aromatic heterocycles. The first kappa shape index (κ1) is 12.8. The van der Waals surface area contributed by atoms with E-state index in [1.165, 1.54) is 0 Å². The molecular weight excluding hydrogens is 200 g/mol. The molecular formula is C14H18O2. The Morgan fingerprint density at radius 1 is 1.19 bits per heavy atom. The van der Waals surface area contributed by atoms with Gasteiger partial charge in [0.15, 0.2) is 0 Å². The third-order valence-corrected chi connectivity index (χ3v) is 2.06. The van der Waals surface area contributed by atoms with Crippen molar-refractivity contribution in [2.45, 2.75) is 32.7 Å². The lowest BCUT2D eigenvalue weighted by Crippen LogP contribution is -2.20. The minimum Gasteiger partial charge on any atom is -0.375 e. The normalized spacial score (nSPS) is 12.4. The zero-order valence-corrected chi connectivity index (χ0v) is 9.85. The molecule has 2 nitrogen and oxygen atoms in total. The summed E-state index contributed by atoms with van der Waals surface area (Å²) in [5.74, 6) is 2.58. The molecule has 0 radical (unpaired) electrons. The third-order valence-electron chi connectivity index (χ3n) is 2.06. The van der Waals surface area contributed by atoms with E-state index in [0.717, 1.165) is 5.56 Å². The number of hydrogen-bond acceptors (Lipinski definition) is 2. The summed E-state index contributed by atoms with van der Waals surface area (Å²) < 4.78 is 11.0. The van der Waals surface area contributed by atoms with Gasteiger partial charge in [-0.15, -0.1) is 6.42 Å². The fraction of sp³-hybridized carbons (Fsp3) is 0.429. The molecule has 86 valence electrons. The van der Waals surface area contributed by atoms with Crippen LogP contribution in [0.3, 0.4) is 0 Å². The van der Waals surface area contributed by atoms with E-state index in [2.05, 4.69) is 5.92 Å². The smallest absolute Gasteiger partial charge is 0.141 e. The molecule has 1 aromatic rings. The van der Waals surface area contributed by atoms with E-state index < -0.39 is 0 Å². The maximum atomic E-state index is 5.57. The average molecular weight is 218 g/mol. The first-order valence-electron chi connectivity index (χ1n) is 5.45. The highest BCUT2D eigenvalue weighted by Gasteiger charge is 2.06. The maximum Gasteiger partial charge on any atom is 0.141 e. The summed E-state index contributed by atoms with van der Waals surface area (Å²) >= 11 is 0. The van der Waals surface area contributed by atoms with Crippen molar-refractivity contribution < 1.29 is 9.47 Å². The summed E-state index contributed by atoms with van der Waals surface area (Å²) in [6, 6.07) is 9.96. The predicted molar refractivity (Wildman–Crippen MR) is 64.9 cm³/mol. The Morgan fingerprint density at radius 2 is 1.88 bits per heavy atom.